The number of carbonyl (C=O) groups is 3. The molecule has 37 heavy (non-hydrogen) atoms. The third-order valence-corrected chi connectivity index (χ3v) is 8.39. The van der Waals surface area contributed by atoms with Gasteiger partial charge in [0.1, 0.15) is 6.04 Å². The lowest BCUT2D eigenvalue weighted by atomic mass is 9.74. The Balaban J connectivity index is 1.13. The molecule has 5 rings (SSSR count). The maximum atomic E-state index is 13.0. The minimum atomic E-state index is -0.586. The zero-order valence-corrected chi connectivity index (χ0v) is 21.6. The Morgan fingerprint density at radius 1 is 1.08 bits per heavy atom. The van der Waals surface area contributed by atoms with Crippen LogP contribution in [0.2, 0.25) is 5.02 Å². The van der Waals surface area contributed by atoms with Crippen LogP contribution in [0, 0.1) is 11.3 Å². The second-order valence-corrected chi connectivity index (χ2v) is 10.8. The van der Waals surface area contributed by atoms with E-state index in [-0.39, 0.29) is 24.1 Å². The summed E-state index contributed by atoms with van der Waals surface area (Å²) in [6.45, 7) is 3.17. The summed E-state index contributed by atoms with van der Waals surface area (Å²) in [5, 5.41) is 13.0. The number of carbonyl (C=O) groups excluding carboxylic acids is 3. The molecule has 2 aromatic carbocycles. The summed E-state index contributed by atoms with van der Waals surface area (Å²) in [6, 6.07) is 15.5. The van der Waals surface area contributed by atoms with E-state index in [4.69, 9.17) is 11.6 Å². The Labute approximate surface area is 222 Å². The van der Waals surface area contributed by atoms with E-state index in [1.54, 1.807) is 4.90 Å². The highest BCUT2D eigenvalue weighted by molar-refractivity contribution is 6.30. The third kappa shape index (κ3) is 5.14. The summed E-state index contributed by atoms with van der Waals surface area (Å²) >= 11 is 6.18. The number of nitrogens with zero attached hydrogens (tertiary/aromatic N) is 3. The van der Waals surface area contributed by atoms with Gasteiger partial charge in [-0.05, 0) is 93.0 Å². The molecule has 0 spiro atoms. The molecule has 3 amide bonds. The Kier molecular flexibility index (Phi) is 7.32. The van der Waals surface area contributed by atoms with Crippen molar-refractivity contribution in [2.75, 3.05) is 19.6 Å². The zero-order valence-electron chi connectivity index (χ0n) is 20.8. The van der Waals surface area contributed by atoms with Crippen molar-refractivity contribution < 1.29 is 14.4 Å². The summed E-state index contributed by atoms with van der Waals surface area (Å²) in [7, 11) is 0. The molecule has 192 valence electrons. The Hall–Kier alpha value is -3.21. The largest absolute Gasteiger partial charge is 0.322 e. The van der Waals surface area contributed by atoms with Gasteiger partial charge >= 0.3 is 0 Å². The standard InChI is InChI=1S/C29H31ClN4O3/c30-22-8-4-7-21(17-22)29(19-31)12-15-33(16-13-29)14-2-1-5-20-6-3-9-23-24(20)18-34(28(23)37)25-10-11-26(35)32-27(25)36/h3-4,6-9,17,25H,1-2,5,10-16,18H2,(H,32,35,36). The number of hydrogen-bond acceptors (Lipinski definition) is 5. The number of hydrogen-bond donors (Lipinski definition) is 1. The van der Waals surface area contributed by atoms with E-state index >= 15 is 0 Å². The van der Waals surface area contributed by atoms with Crippen LogP contribution in [0.15, 0.2) is 42.5 Å². The molecule has 3 heterocycles. The number of benzene rings is 2. The molecule has 1 atom stereocenters. The number of imide groups is 1. The quantitative estimate of drug-likeness (QED) is 0.442. The fraction of sp³-hybridized carbons (Fsp3) is 0.448. The first-order valence-electron chi connectivity index (χ1n) is 13.1. The van der Waals surface area contributed by atoms with E-state index < -0.39 is 11.5 Å². The number of rotatable bonds is 7. The van der Waals surface area contributed by atoms with E-state index in [2.05, 4.69) is 22.4 Å². The average molecular weight is 519 g/mol. The minimum absolute atomic E-state index is 0.125. The number of aryl methyl sites for hydroxylation is 1. The van der Waals surface area contributed by atoms with Gasteiger partial charge in [-0.25, -0.2) is 0 Å². The maximum Gasteiger partial charge on any atom is 0.255 e. The van der Waals surface area contributed by atoms with Crippen molar-refractivity contribution in [1.29, 1.82) is 5.26 Å². The maximum absolute atomic E-state index is 13.0. The van der Waals surface area contributed by atoms with Crippen LogP contribution in [0.25, 0.3) is 0 Å². The predicted molar refractivity (Wildman–Crippen MR) is 140 cm³/mol. The van der Waals surface area contributed by atoms with Gasteiger partial charge in [-0.2, -0.15) is 5.26 Å². The summed E-state index contributed by atoms with van der Waals surface area (Å²) in [4.78, 5) is 40.9. The van der Waals surface area contributed by atoms with Gasteiger partial charge in [0, 0.05) is 23.6 Å². The van der Waals surface area contributed by atoms with Gasteiger partial charge in [-0.15, -0.1) is 0 Å². The number of nitriles is 1. The van der Waals surface area contributed by atoms with Crippen LogP contribution < -0.4 is 5.32 Å². The van der Waals surface area contributed by atoms with E-state index in [1.165, 1.54) is 0 Å². The molecule has 2 aromatic rings. The van der Waals surface area contributed by atoms with Crippen molar-refractivity contribution in [3.05, 3.63) is 69.7 Å². The van der Waals surface area contributed by atoms with E-state index in [9.17, 15) is 19.6 Å². The lowest BCUT2D eigenvalue weighted by Crippen LogP contribution is -2.52. The molecule has 1 unspecified atom stereocenters. The van der Waals surface area contributed by atoms with Crippen molar-refractivity contribution >= 4 is 29.3 Å². The summed E-state index contributed by atoms with van der Waals surface area (Å²) in [5.41, 5.74) is 3.39. The molecule has 2 saturated heterocycles. The molecule has 2 fully saturated rings. The van der Waals surface area contributed by atoms with Gasteiger partial charge in [-0.3, -0.25) is 19.7 Å². The molecule has 0 bridgehead atoms. The minimum Gasteiger partial charge on any atom is -0.322 e. The van der Waals surface area contributed by atoms with Gasteiger partial charge in [0.2, 0.25) is 11.8 Å². The second-order valence-electron chi connectivity index (χ2n) is 10.3. The topological polar surface area (TPSA) is 93.5 Å². The van der Waals surface area contributed by atoms with Gasteiger partial charge in [0.25, 0.3) is 5.91 Å². The summed E-state index contributed by atoms with van der Waals surface area (Å²) in [6.07, 6.45) is 5.14. The molecule has 0 radical (unpaired) electrons. The van der Waals surface area contributed by atoms with Gasteiger partial charge < -0.3 is 9.80 Å². The molecule has 7 nitrogen and oxygen atoms in total. The van der Waals surface area contributed by atoms with Crippen molar-refractivity contribution in [3.63, 3.8) is 0 Å². The number of halogens is 1. The highest BCUT2D eigenvalue weighted by atomic mass is 35.5. The molecule has 0 saturated carbocycles. The fourth-order valence-corrected chi connectivity index (χ4v) is 6.13. The van der Waals surface area contributed by atoms with Crippen LogP contribution in [0.1, 0.15) is 65.6 Å². The second kappa shape index (κ2) is 10.6. The SMILES string of the molecule is N#CC1(c2cccc(Cl)c2)CCN(CCCCc2cccc3c2CN(C2CCC(=O)NC2=O)C3=O)CC1. The highest BCUT2D eigenvalue weighted by Crippen LogP contribution is 2.36. The Bertz CT molecular complexity index is 1260. The zero-order chi connectivity index (χ0) is 26.0. The smallest absolute Gasteiger partial charge is 0.255 e. The van der Waals surface area contributed by atoms with Crippen molar-refractivity contribution in [1.82, 2.24) is 15.1 Å². The van der Waals surface area contributed by atoms with Crippen molar-refractivity contribution in [2.45, 2.75) is 62.9 Å². The predicted octanol–water partition coefficient (Wildman–Crippen LogP) is 3.98. The van der Waals surface area contributed by atoms with Gasteiger partial charge in [0.15, 0.2) is 0 Å². The van der Waals surface area contributed by atoms with E-state index in [0.29, 0.717) is 23.6 Å². The van der Waals surface area contributed by atoms with Crippen molar-refractivity contribution in [3.8, 4) is 6.07 Å². The summed E-state index contributed by atoms with van der Waals surface area (Å²) in [5.74, 6) is -0.779. The van der Waals surface area contributed by atoms with Crippen molar-refractivity contribution in [2.24, 2.45) is 0 Å². The number of unbranched alkanes of at least 4 members (excludes halogenated alkanes) is 1. The molecular weight excluding hydrogens is 488 g/mol. The van der Waals surface area contributed by atoms with Crippen LogP contribution in [-0.2, 0) is 28.0 Å². The first-order valence-corrected chi connectivity index (χ1v) is 13.4. The van der Waals surface area contributed by atoms with Crippen LogP contribution in [0.3, 0.4) is 0 Å². The Morgan fingerprint density at radius 2 is 1.86 bits per heavy atom. The van der Waals surface area contributed by atoms with Crippen LogP contribution in [0.5, 0.6) is 0 Å². The molecule has 0 aliphatic carbocycles. The highest BCUT2D eigenvalue weighted by Gasteiger charge is 2.40. The number of likely N-dealkylation sites (tertiary alicyclic amines) is 1. The molecule has 0 aromatic heterocycles. The van der Waals surface area contributed by atoms with E-state index in [0.717, 1.165) is 68.4 Å². The normalized spacial score (nSPS) is 21.5. The number of nitrogens with one attached hydrogen (secondary N) is 1. The Morgan fingerprint density at radius 3 is 2.59 bits per heavy atom. The molecule has 3 aliphatic rings. The number of piperidine rings is 2. The first-order chi connectivity index (χ1) is 17.9. The lowest BCUT2D eigenvalue weighted by Gasteiger charge is -2.37. The van der Waals surface area contributed by atoms with Gasteiger partial charge in [0.05, 0.1) is 11.5 Å². The van der Waals surface area contributed by atoms with E-state index in [1.807, 2.05) is 36.4 Å². The molecule has 8 heteroatoms. The van der Waals surface area contributed by atoms with Crippen LogP contribution in [-0.4, -0.2) is 53.2 Å². The van der Waals surface area contributed by atoms with Crippen LogP contribution in [0.4, 0.5) is 0 Å². The third-order valence-electron chi connectivity index (χ3n) is 8.15. The first kappa shape index (κ1) is 25.4. The van der Waals surface area contributed by atoms with Crippen LogP contribution >= 0.6 is 11.6 Å². The number of amides is 3. The number of fused-ring (bicyclic) bond motifs is 1. The van der Waals surface area contributed by atoms with Gasteiger partial charge in [-0.1, -0.05) is 35.9 Å². The molecular formula is C29H31ClN4O3. The summed E-state index contributed by atoms with van der Waals surface area (Å²) < 4.78 is 0. The lowest BCUT2D eigenvalue weighted by molar-refractivity contribution is -0.136. The molecule has 3 aliphatic heterocycles. The molecule has 1 N–H and O–H groups in total. The fourth-order valence-electron chi connectivity index (χ4n) is 5.94. The monoisotopic (exact) mass is 518 g/mol. The average Bonchev–Trinajstić information content (AvgIpc) is 3.24.